The Morgan fingerprint density at radius 1 is 1.55 bits per heavy atom. The summed E-state index contributed by atoms with van der Waals surface area (Å²) in [5.74, 6) is 0.0910. The first kappa shape index (κ1) is 13.6. The molecule has 1 amide bonds. The lowest BCUT2D eigenvalue weighted by Crippen LogP contribution is -2.32. The van der Waals surface area contributed by atoms with Gasteiger partial charge in [0.05, 0.1) is 24.3 Å². The van der Waals surface area contributed by atoms with Crippen molar-refractivity contribution in [1.29, 1.82) is 0 Å². The molecule has 0 aliphatic carbocycles. The van der Waals surface area contributed by atoms with Crippen LogP contribution in [-0.4, -0.2) is 40.6 Å². The molecule has 0 fully saturated rings. The number of hydrogen-bond donors (Lipinski definition) is 1. The zero-order chi connectivity index (χ0) is 13.9. The average molecular weight is 308 g/mol. The second-order valence-corrected chi connectivity index (χ2v) is 6.46. The van der Waals surface area contributed by atoms with Crippen molar-refractivity contribution in [1.82, 2.24) is 15.2 Å². The summed E-state index contributed by atoms with van der Waals surface area (Å²) < 4.78 is 0. The van der Waals surface area contributed by atoms with Gasteiger partial charge in [-0.05, 0) is 13.3 Å². The quantitative estimate of drug-likeness (QED) is 0.900. The Kier molecular flexibility index (Phi) is 4.07. The van der Waals surface area contributed by atoms with Crippen molar-refractivity contribution in [2.75, 3.05) is 19.6 Å². The molecule has 0 spiro atoms. The summed E-state index contributed by atoms with van der Waals surface area (Å²) in [6, 6.07) is 0. The van der Waals surface area contributed by atoms with Gasteiger partial charge in [0.2, 0.25) is 5.91 Å². The van der Waals surface area contributed by atoms with Gasteiger partial charge in [-0.15, -0.1) is 11.3 Å². The molecule has 0 unspecified atom stereocenters. The Hall–Kier alpha value is -1.34. The summed E-state index contributed by atoms with van der Waals surface area (Å²) in [4.78, 5) is 23.9. The van der Waals surface area contributed by atoms with Gasteiger partial charge < -0.3 is 10.2 Å². The Labute approximate surface area is 126 Å². The third-order valence-corrected chi connectivity index (χ3v) is 5.28. The van der Waals surface area contributed by atoms with Crippen LogP contribution in [0.25, 0.3) is 0 Å². The number of rotatable bonds is 5. The molecule has 0 bridgehead atoms. The molecule has 5 nitrogen and oxygen atoms in total. The smallest absolute Gasteiger partial charge is 0.220 e. The van der Waals surface area contributed by atoms with Crippen LogP contribution < -0.4 is 5.32 Å². The predicted molar refractivity (Wildman–Crippen MR) is 82.9 cm³/mol. The molecule has 0 radical (unpaired) electrons. The number of hydrogen-bond acceptors (Lipinski definition) is 6. The lowest BCUT2D eigenvalue weighted by molar-refractivity contribution is -0.120. The molecular formula is C13H16N4OS2. The maximum atomic E-state index is 11.9. The minimum Gasteiger partial charge on any atom is -0.350 e. The van der Waals surface area contributed by atoms with Crippen LogP contribution in [0.15, 0.2) is 21.6 Å². The van der Waals surface area contributed by atoms with E-state index in [0.717, 1.165) is 36.1 Å². The lowest BCUT2D eigenvalue weighted by Gasteiger charge is -2.16. The number of amides is 1. The first-order valence-electron chi connectivity index (χ1n) is 6.57. The number of carbonyl (C=O) groups is 1. The van der Waals surface area contributed by atoms with Crippen molar-refractivity contribution in [3.05, 3.63) is 27.2 Å². The zero-order valence-electron chi connectivity index (χ0n) is 11.3. The second kappa shape index (κ2) is 5.97. The molecule has 2 aliphatic heterocycles. The molecule has 3 heterocycles. The molecule has 20 heavy (non-hydrogen) atoms. The average Bonchev–Trinajstić information content (AvgIpc) is 3.11. The molecule has 7 heteroatoms. The van der Waals surface area contributed by atoms with E-state index in [1.165, 1.54) is 4.88 Å². The second-order valence-electron chi connectivity index (χ2n) is 4.68. The Balaban J connectivity index is 1.44. The van der Waals surface area contributed by atoms with E-state index in [1.54, 1.807) is 23.1 Å². The van der Waals surface area contributed by atoms with Crippen molar-refractivity contribution in [3.63, 3.8) is 0 Å². The van der Waals surface area contributed by atoms with Crippen LogP contribution in [0, 0.1) is 6.92 Å². The van der Waals surface area contributed by atoms with E-state index < -0.39 is 0 Å². The molecule has 1 N–H and O–H groups in total. The topological polar surface area (TPSA) is 57.6 Å². The molecule has 106 valence electrons. The van der Waals surface area contributed by atoms with Gasteiger partial charge in [0.25, 0.3) is 0 Å². The minimum absolute atomic E-state index is 0.0910. The third kappa shape index (κ3) is 2.88. The summed E-state index contributed by atoms with van der Waals surface area (Å²) in [5, 5.41) is 6.13. The van der Waals surface area contributed by atoms with E-state index in [-0.39, 0.29) is 5.91 Å². The first-order valence-corrected chi connectivity index (χ1v) is 8.33. The number of aromatic nitrogens is 1. The van der Waals surface area contributed by atoms with E-state index in [2.05, 4.69) is 25.6 Å². The van der Waals surface area contributed by atoms with Crippen LogP contribution in [-0.2, 0) is 11.2 Å². The van der Waals surface area contributed by atoms with Gasteiger partial charge in [0.1, 0.15) is 0 Å². The summed E-state index contributed by atoms with van der Waals surface area (Å²) in [6.45, 7) is 4.37. The Bertz CT molecular complexity index is 579. The fourth-order valence-electron chi connectivity index (χ4n) is 2.19. The van der Waals surface area contributed by atoms with Crippen LogP contribution in [0.2, 0.25) is 0 Å². The maximum absolute atomic E-state index is 11.9. The van der Waals surface area contributed by atoms with E-state index in [0.29, 0.717) is 13.0 Å². The van der Waals surface area contributed by atoms with Gasteiger partial charge in [0.15, 0.2) is 5.17 Å². The number of carbonyl (C=O) groups excluding carboxylic acids is 1. The van der Waals surface area contributed by atoms with Crippen molar-refractivity contribution < 1.29 is 4.79 Å². The number of aryl methyl sites for hydroxylation is 2. The third-order valence-electron chi connectivity index (χ3n) is 3.34. The monoisotopic (exact) mass is 308 g/mol. The van der Waals surface area contributed by atoms with Crippen LogP contribution in [0.1, 0.15) is 17.0 Å². The molecule has 1 aromatic heterocycles. The van der Waals surface area contributed by atoms with Gasteiger partial charge >= 0.3 is 0 Å². The van der Waals surface area contributed by atoms with Crippen LogP contribution in [0.5, 0.6) is 0 Å². The lowest BCUT2D eigenvalue weighted by atomic mass is 10.2. The van der Waals surface area contributed by atoms with Crippen molar-refractivity contribution in [3.8, 4) is 0 Å². The van der Waals surface area contributed by atoms with E-state index >= 15 is 0 Å². The highest BCUT2D eigenvalue weighted by atomic mass is 32.2. The van der Waals surface area contributed by atoms with E-state index in [4.69, 9.17) is 0 Å². The fourth-order valence-corrected chi connectivity index (χ4v) is 3.92. The molecular weight excluding hydrogens is 292 g/mol. The number of nitrogens with one attached hydrogen (secondary N) is 1. The number of aliphatic imine (C=N–C) groups is 1. The largest absolute Gasteiger partial charge is 0.350 e. The van der Waals surface area contributed by atoms with Gasteiger partial charge in [0, 0.05) is 28.9 Å². The van der Waals surface area contributed by atoms with Crippen LogP contribution in [0.3, 0.4) is 0 Å². The van der Waals surface area contributed by atoms with Gasteiger partial charge in [-0.25, -0.2) is 4.98 Å². The molecule has 0 aromatic carbocycles. The van der Waals surface area contributed by atoms with Gasteiger partial charge in [-0.1, -0.05) is 11.8 Å². The van der Waals surface area contributed by atoms with Crippen LogP contribution >= 0.6 is 23.1 Å². The summed E-state index contributed by atoms with van der Waals surface area (Å²) >= 11 is 3.26. The van der Waals surface area contributed by atoms with Crippen molar-refractivity contribution in [2.24, 2.45) is 4.99 Å². The fraction of sp³-hybridized carbons (Fsp3) is 0.462. The van der Waals surface area contributed by atoms with E-state index in [1.807, 2.05) is 12.4 Å². The minimum atomic E-state index is 0.0910. The molecule has 2 aliphatic rings. The Morgan fingerprint density at radius 3 is 3.25 bits per heavy atom. The van der Waals surface area contributed by atoms with Gasteiger partial charge in [-0.2, -0.15) is 0 Å². The number of fused-ring (bicyclic) bond motifs is 1. The molecule has 0 saturated heterocycles. The summed E-state index contributed by atoms with van der Waals surface area (Å²) in [5.41, 5.74) is 4.02. The maximum Gasteiger partial charge on any atom is 0.220 e. The summed E-state index contributed by atoms with van der Waals surface area (Å²) in [7, 11) is 0. The normalized spacial score (nSPS) is 16.9. The van der Waals surface area contributed by atoms with Crippen LogP contribution in [0.4, 0.5) is 0 Å². The summed E-state index contributed by atoms with van der Waals surface area (Å²) in [6.07, 6.45) is 1.29. The first-order chi connectivity index (χ1) is 9.74. The van der Waals surface area contributed by atoms with Crippen molar-refractivity contribution in [2.45, 2.75) is 19.8 Å². The molecule has 0 atom stereocenters. The highest BCUT2D eigenvalue weighted by molar-refractivity contribution is 8.16. The zero-order valence-corrected chi connectivity index (χ0v) is 12.9. The van der Waals surface area contributed by atoms with Gasteiger partial charge in [-0.3, -0.25) is 9.79 Å². The molecule has 1 aromatic rings. The SMILES string of the molecule is Cc1ncsc1CCC(=O)NCC1=CSC2=NCCN12. The standard InChI is InChI=1S/C13H16N4OS2/c1-9-11(20-8-16-9)2-3-12(18)15-6-10-7-19-13-14-4-5-17(10)13/h7-8H,2-6H2,1H3,(H,15,18). The van der Waals surface area contributed by atoms with E-state index in [9.17, 15) is 4.79 Å². The number of thiazole rings is 1. The highest BCUT2D eigenvalue weighted by Gasteiger charge is 2.25. The molecule has 3 rings (SSSR count). The number of amidine groups is 1. The molecule has 0 saturated carbocycles. The Morgan fingerprint density at radius 2 is 2.45 bits per heavy atom. The number of nitrogens with zero attached hydrogens (tertiary/aromatic N) is 3. The predicted octanol–water partition coefficient (Wildman–Crippen LogP) is 1.76. The van der Waals surface area contributed by atoms with Crippen molar-refractivity contribution >= 4 is 34.2 Å². The number of thioether (sulfide) groups is 1. The highest BCUT2D eigenvalue weighted by Crippen LogP contribution is 2.28.